The summed E-state index contributed by atoms with van der Waals surface area (Å²) in [4.78, 5) is 0. The van der Waals surface area contributed by atoms with Gasteiger partial charge < -0.3 is 9.47 Å². The van der Waals surface area contributed by atoms with E-state index in [0.29, 0.717) is 0 Å². The van der Waals surface area contributed by atoms with E-state index in [9.17, 15) is 0 Å². The first-order valence-corrected chi connectivity index (χ1v) is 6.59. The SMILES string of the molecule is C#CCOC(OCC#C)(c1ccccc1)c1ccccc1. The van der Waals surface area contributed by atoms with Crippen molar-refractivity contribution in [3.63, 3.8) is 0 Å². The Morgan fingerprint density at radius 3 is 1.43 bits per heavy atom. The van der Waals surface area contributed by atoms with Crippen molar-refractivity contribution in [2.45, 2.75) is 5.79 Å². The third-order valence-electron chi connectivity index (χ3n) is 3.03. The number of ether oxygens (including phenoxy) is 2. The van der Waals surface area contributed by atoms with Crippen LogP contribution >= 0.6 is 0 Å². The second-order valence-electron chi connectivity index (χ2n) is 4.33. The van der Waals surface area contributed by atoms with E-state index in [1.165, 1.54) is 0 Å². The summed E-state index contributed by atoms with van der Waals surface area (Å²) in [6, 6.07) is 19.3. The average molecular weight is 276 g/mol. The predicted molar refractivity (Wildman–Crippen MR) is 83.2 cm³/mol. The highest BCUT2D eigenvalue weighted by molar-refractivity contribution is 5.34. The molecule has 0 amide bonds. The molecule has 0 N–H and O–H groups in total. The first kappa shape index (κ1) is 14.9. The van der Waals surface area contributed by atoms with Crippen LogP contribution in [0.2, 0.25) is 0 Å². The summed E-state index contributed by atoms with van der Waals surface area (Å²) in [5, 5.41) is 0. The minimum absolute atomic E-state index is 0.119. The molecule has 104 valence electrons. The molecule has 0 aliphatic heterocycles. The Labute approximate surface area is 125 Å². The lowest BCUT2D eigenvalue weighted by atomic mass is 9.97. The van der Waals surface area contributed by atoms with Crippen molar-refractivity contribution in [1.29, 1.82) is 0 Å². The molecule has 0 unspecified atom stereocenters. The second kappa shape index (κ2) is 7.31. The molecule has 0 spiro atoms. The van der Waals surface area contributed by atoms with E-state index in [2.05, 4.69) is 11.8 Å². The molecule has 0 heterocycles. The molecule has 0 aromatic heterocycles. The second-order valence-corrected chi connectivity index (χ2v) is 4.33. The number of hydrogen-bond donors (Lipinski definition) is 0. The van der Waals surface area contributed by atoms with Crippen molar-refractivity contribution in [1.82, 2.24) is 0 Å². The molecule has 0 fully saturated rings. The van der Waals surface area contributed by atoms with Gasteiger partial charge in [-0.2, -0.15) is 0 Å². The largest absolute Gasteiger partial charge is 0.329 e. The van der Waals surface area contributed by atoms with Gasteiger partial charge in [-0.1, -0.05) is 72.5 Å². The van der Waals surface area contributed by atoms with Gasteiger partial charge in [0.05, 0.1) is 0 Å². The monoisotopic (exact) mass is 276 g/mol. The van der Waals surface area contributed by atoms with Crippen LogP contribution < -0.4 is 0 Å². The van der Waals surface area contributed by atoms with Crippen LogP contribution in [-0.2, 0) is 15.3 Å². The molecule has 0 saturated heterocycles. The molecule has 2 rings (SSSR count). The average Bonchev–Trinajstić information content (AvgIpc) is 2.57. The zero-order chi connectivity index (χ0) is 15.0. The Morgan fingerprint density at radius 1 is 0.714 bits per heavy atom. The van der Waals surface area contributed by atoms with Gasteiger partial charge in [-0.25, -0.2) is 0 Å². The lowest BCUT2D eigenvalue weighted by molar-refractivity contribution is -0.202. The van der Waals surface area contributed by atoms with Crippen LogP contribution in [0.5, 0.6) is 0 Å². The van der Waals surface area contributed by atoms with Gasteiger partial charge >= 0.3 is 0 Å². The molecule has 0 bridgehead atoms. The van der Waals surface area contributed by atoms with E-state index in [-0.39, 0.29) is 13.2 Å². The number of hydrogen-bond acceptors (Lipinski definition) is 2. The fourth-order valence-electron chi connectivity index (χ4n) is 2.14. The van der Waals surface area contributed by atoms with E-state index >= 15 is 0 Å². The van der Waals surface area contributed by atoms with Gasteiger partial charge in [0, 0.05) is 11.1 Å². The quantitative estimate of drug-likeness (QED) is 0.596. The zero-order valence-corrected chi connectivity index (χ0v) is 11.7. The van der Waals surface area contributed by atoms with Crippen molar-refractivity contribution in [2.75, 3.05) is 13.2 Å². The van der Waals surface area contributed by atoms with Crippen LogP contribution in [0.3, 0.4) is 0 Å². The normalized spacial score (nSPS) is 10.6. The Bertz CT molecular complexity index is 573. The maximum absolute atomic E-state index is 5.90. The maximum Gasteiger partial charge on any atom is 0.224 e. The molecule has 0 aliphatic carbocycles. The smallest absolute Gasteiger partial charge is 0.224 e. The Balaban J connectivity index is 2.54. The van der Waals surface area contributed by atoms with E-state index in [4.69, 9.17) is 22.3 Å². The first-order valence-electron chi connectivity index (χ1n) is 6.59. The minimum Gasteiger partial charge on any atom is -0.329 e. The van der Waals surface area contributed by atoms with Gasteiger partial charge in [0.1, 0.15) is 13.2 Å². The van der Waals surface area contributed by atoms with Crippen molar-refractivity contribution >= 4 is 0 Å². The van der Waals surface area contributed by atoms with Crippen LogP contribution in [-0.4, -0.2) is 13.2 Å². The summed E-state index contributed by atoms with van der Waals surface area (Å²) in [5.74, 6) is 3.87. The minimum atomic E-state index is -1.10. The predicted octanol–water partition coefficient (Wildman–Crippen LogP) is 3.19. The summed E-state index contributed by atoms with van der Waals surface area (Å²) >= 11 is 0. The van der Waals surface area contributed by atoms with Gasteiger partial charge in [0.15, 0.2) is 0 Å². The molecule has 21 heavy (non-hydrogen) atoms. The highest BCUT2D eigenvalue weighted by Crippen LogP contribution is 2.34. The van der Waals surface area contributed by atoms with Gasteiger partial charge in [-0.15, -0.1) is 12.8 Å². The van der Waals surface area contributed by atoms with E-state index in [1.807, 2.05) is 60.7 Å². The van der Waals surface area contributed by atoms with Gasteiger partial charge in [-0.3, -0.25) is 0 Å². The zero-order valence-electron chi connectivity index (χ0n) is 11.7. The van der Waals surface area contributed by atoms with Crippen molar-refractivity contribution in [3.05, 3.63) is 71.8 Å². The Kier molecular flexibility index (Phi) is 5.18. The molecule has 2 heteroatoms. The third-order valence-corrected chi connectivity index (χ3v) is 3.03. The van der Waals surface area contributed by atoms with Crippen LogP contribution in [0, 0.1) is 24.7 Å². The number of rotatable bonds is 6. The van der Waals surface area contributed by atoms with E-state index < -0.39 is 5.79 Å². The van der Waals surface area contributed by atoms with Crippen LogP contribution in [0.1, 0.15) is 11.1 Å². The van der Waals surface area contributed by atoms with E-state index in [0.717, 1.165) is 11.1 Å². The highest BCUT2D eigenvalue weighted by Gasteiger charge is 2.36. The summed E-state index contributed by atoms with van der Waals surface area (Å²) in [6.45, 7) is 0.239. The van der Waals surface area contributed by atoms with Crippen LogP contribution in [0.25, 0.3) is 0 Å². The van der Waals surface area contributed by atoms with Gasteiger partial charge in [0.25, 0.3) is 0 Å². The van der Waals surface area contributed by atoms with Crippen molar-refractivity contribution in [3.8, 4) is 24.7 Å². The number of terminal acetylenes is 2. The third kappa shape index (κ3) is 3.33. The Hall–Kier alpha value is -2.52. The van der Waals surface area contributed by atoms with E-state index in [1.54, 1.807) is 0 Å². The molecule has 2 aromatic rings. The molecule has 2 aromatic carbocycles. The molecular formula is C19H16O2. The summed E-state index contributed by atoms with van der Waals surface area (Å²) in [7, 11) is 0. The van der Waals surface area contributed by atoms with Crippen molar-refractivity contribution < 1.29 is 9.47 Å². The summed E-state index contributed by atoms with van der Waals surface area (Å²) < 4.78 is 11.8. The fraction of sp³-hybridized carbons (Fsp3) is 0.158. The lowest BCUT2D eigenvalue weighted by Crippen LogP contribution is -2.35. The topological polar surface area (TPSA) is 18.5 Å². The maximum atomic E-state index is 5.90. The summed E-state index contributed by atoms with van der Waals surface area (Å²) in [5.41, 5.74) is 1.70. The number of benzene rings is 2. The molecular weight excluding hydrogens is 260 g/mol. The molecule has 0 aliphatic rings. The molecule has 2 nitrogen and oxygen atoms in total. The molecule has 0 radical (unpaired) electrons. The van der Waals surface area contributed by atoms with Crippen LogP contribution in [0.15, 0.2) is 60.7 Å². The highest BCUT2D eigenvalue weighted by atomic mass is 16.7. The Morgan fingerprint density at radius 2 is 1.10 bits per heavy atom. The van der Waals surface area contributed by atoms with Gasteiger partial charge in [-0.05, 0) is 0 Å². The van der Waals surface area contributed by atoms with Gasteiger partial charge in [0.2, 0.25) is 5.79 Å². The standard InChI is InChI=1S/C19H16O2/c1-3-15-20-19(21-16-4-2,17-11-7-5-8-12-17)18-13-9-6-10-14-18/h1-2,5-14H,15-16H2. The molecule has 0 atom stereocenters. The van der Waals surface area contributed by atoms with Crippen molar-refractivity contribution in [2.24, 2.45) is 0 Å². The van der Waals surface area contributed by atoms with Crippen LogP contribution in [0.4, 0.5) is 0 Å². The lowest BCUT2D eigenvalue weighted by Gasteiger charge is -2.33. The first-order chi connectivity index (χ1) is 10.3. The molecule has 0 saturated carbocycles. The fourth-order valence-corrected chi connectivity index (χ4v) is 2.14. The summed E-state index contributed by atoms with van der Waals surface area (Å²) in [6.07, 6.45) is 10.7.